The molecule has 6 heteroatoms. The number of halogens is 1. The van der Waals surface area contributed by atoms with Crippen LogP contribution < -0.4 is 10.9 Å². The monoisotopic (exact) mass is 245 g/mol. The molecule has 2 N–H and O–H groups in total. The Bertz CT molecular complexity index is 392. The van der Waals surface area contributed by atoms with Crippen LogP contribution in [0, 0.1) is 0 Å². The SMILES string of the molecule is CCCCNc1cnn(CCO)c(=O)c1Cl. The van der Waals surface area contributed by atoms with Crippen molar-refractivity contribution in [1.82, 2.24) is 9.78 Å². The number of anilines is 1. The van der Waals surface area contributed by atoms with Gasteiger partial charge in [-0.3, -0.25) is 4.79 Å². The smallest absolute Gasteiger partial charge is 0.287 e. The number of nitrogens with one attached hydrogen (secondary N) is 1. The predicted molar refractivity (Wildman–Crippen MR) is 64.0 cm³/mol. The molecule has 0 amide bonds. The van der Waals surface area contributed by atoms with Gasteiger partial charge < -0.3 is 10.4 Å². The third-order valence-corrected chi connectivity index (χ3v) is 2.51. The van der Waals surface area contributed by atoms with E-state index in [9.17, 15) is 4.79 Å². The number of aromatic nitrogens is 2. The third kappa shape index (κ3) is 3.21. The fraction of sp³-hybridized carbons (Fsp3) is 0.600. The van der Waals surface area contributed by atoms with Crippen molar-refractivity contribution in [2.24, 2.45) is 0 Å². The van der Waals surface area contributed by atoms with Crippen molar-refractivity contribution in [1.29, 1.82) is 0 Å². The fourth-order valence-corrected chi connectivity index (χ4v) is 1.46. The summed E-state index contributed by atoms with van der Waals surface area (Å²) in [7, 11) is 0. The fourth-order valence-electron chi connectivity index (χ4n) is 1.24. The molecular formula is C10H16ClN3O2. The predicted octanol–water partition coefficient (Wildman–Crippen LogP) is 1.10. The highest BCUT2D eigenvalue weighted by molar-refractivity contribution is 6.32. The van der Waals surface area contributed by atoms with Gasteiger partial charge >= 0.3 is 0 Å². The van der Waals surface area contributed by atoms with E-state index in [1.54, 1.807) is 0 Å². The topological polar surface area (TPSA) is 67.2 Å². The Morgan fingerprint density at radius 1 is 1.62 bits per heavy atom. The molecule has 0 atom stereocenters. The summed E-state index contributed by atoms with van der Waals surface area (Å²) in [6, 6.07) is 0. The van der Waals surface area contributed by atoms with Gasteiger partial charge in [-0.05, 0) is 6.42 Å². The maximum Gasteiger partial charge on any atom is 0.287 e. The number of aliphatic hydroxyl groups excluding tert-OH is 1. The lowest BCUT2D eigenvalue weighted by Gasteiger charge is -2.08. The minimum atomic E-state index is -0.378. The molecule has 0 aliphatic heterocycles. The molecular weight excluding hydrogens is 230 g/mol. The molecule has 1 rings (SSSR count). The van der Waals surface area contributed by atoms with Gasteiger partial charge in [-0.15, -0.1) is 0 Å². The second-order valence-corrected chi connectivity index (χ2v) is 3.78. The van der Waals surface area contributed by atoms with Crippen molar-refractivity contribution in [2.75, 3.05) is 18.5 Å². The first kappa shape index (κ1) is 13.0. The summed E-state index contributed by atoms with van der Waals surface area (Å²) in [5.41, 5.74) is 0.173. The zero-order valence-electron chi connectivity index (χ0n) is 9.24. The van der Waals surface area contributed by atoms with E-state index in [2.05, 4.69) is 17.3 Å². The maximum atomic E-state index is 11.6. The minimum Gasteiger partial charge on any atom is -0.394 e. The van der Waals surface area contributed by atoms with Gasteiger partial charge in [0, 0.05) is 6.54 Å². The van der Waals surface area contributed by atoms with Crippen molar-refractivity contribution in [2.45, 2.75) is 26.3 Å². The van der Waals surface area contributed by atoms with Crippen molar-refractivity contribution < 1.29 is 5.11 Å². The first-order chi connectivity index (χ1) is 7.70. The standard InChI is InChI=1S/C10H16ClN3O2/c1-2-3-4-12-8-7-13-14(5-6-15)10(16)9(8)11/h7,12,15H,2-6H2,1H3. The number of hydrogen-bond donors (Lipinski definition) is 2. The van der Waals surface area contributed by atoms with E-state index in [1.165, 1.54) is 6.20 Å². The summed E-state index contributed by atoms with van der Waals surface area (Å²) < 4.78 is 1.15. The van der Waals surface area contributed by atoms with Crippen LogP contribution in [0.3, 0.4) is 0 Å². The number of rotatable bonds is 6. The van der Waals surface area contributed by atoms with Crippen molar-refractivity contribution >= 4 is 17.3 Å². The normalized spacial score (nSPS) is 10.4. The van der Waals surface area contributed by atoms with Gasteiger partial charge in [0.25, 0.3) is 5.56 Å². The molecule has 1 aromatic rings. The van der Waals surface area contributed by atoms with Crippen LogP contribution in [0.15, 0.2) is 11.0 Å². The Kier molecular flexibility index (Phi) is 5.28. The molecule has 0 spiro atoms. The minimum absolute atomic E-state index is 0.125. The van der Waals surface area contributed by atoms with Crippen LogP contribution in [0.1, 0.15) is 19.8 Å². The van der Waals surface area contributed by atoms with Gasteiger partial charge in [-0.2, -0.15) is 5.10 Å². The summed E-state index contributed by atoms with van der Waals surface area (Å²) in [6.45, 7) is 2.88. The lowest BCUT2D eigenvalue weighted by Crippen LogP contribution is -2.25. The molecule has 16 heavy (non-hydrogen) atoms. The molecule has 0 aliphatic carbocycles. The molecule has 0 aromatic carbocycles. The molecule has 5 nitrogen and oxygen atoms in total. The summed E-state index contributed by atoms with van der Waals surface area (Å²) in [5.74, 6) is 0. The van der Waals surface area contributed by atoms with E-state index in [0.29, 0.717) is 5.69 Å². The van der Waals surface area contributed by atoms with Crippen LogP contribution in [-0.4, -0.2) is 28.0 Å². The first-order valence-electron chi connectivity index (χ1n) is 5.31. The summed E-state index contributed by atoms with van der Waals surface area (Å²) in [5, 5.41) is 15.8. The van der Waals surface area contributed by atoms with Crippen LogP contribution >= 0.6 is 11.6 Å². The van der Waals surface area contributed by atoms with Gasteiger partial charge in [0.1, 0.15) is 5.02 Å². The molecule has 0 bridgehead atoms. The Labute approximate surface area is 99.0 Å². The van der Waals surface area contributed by atoms with E-state index in [-0.39, 0.29) is 23.7 Å². The van der Waals surface area contributed by atoms with E-state index in [1.807, 2.05) is 0 Å². The highest BCUT2D eigenvalue weighted by Crippen LogP contribution is 2.14. The Morgan fingerprint density at radius 3 is 3.00 bits per heavy atom. The maximum absolute atomic E-state index is 11.6. The molecule has 0 unspecified atom stereocenters. The molecule has 1 heterocycles. The van der Waals surface area contributed by atoms with Crippen LogP contribution in [0.5, 0.6) is 0 Å². The molecule has 0 aliphatic rings. The second kappa shape index (κ2) is 6.50. The zero-order chi connectivity index (χ0) is 12.0. The molecule has 1 aromatic heterocycles. The van der Waals surface area contributed by atoms with E-state index in [0.717, 1.165) is 24.1 Å². The Morgan fingerprint density at radius 2 is 2.38 bits per heavy atom. The number of nitrogens with zero attached hydrogens (tertiary/aromatic N) is 2. The van der Waals surface area contributed by atoms with E-state index >= 15 is 0 Å². The van der Waals surface area contributed by atoms with Gasteiger partial charge in [0.2, 0.25) is 0 Å². The highest BCUT2D eigenvalue weighted by atomic mass is 35.5. The molecule has 0 saturated heterocycles. The van der Waals surface area contributed by atoms with Crippen molar-refractivity contribution in [3.63, 3.8) is 0 Å². The summed E-state index contributed by atoms with van der Waals surface area (Å²) >= 11 is 5.90. The third-order valence-electron chi connectivity index (χ3n) is 2.14. The van der Waals surface area contributed by atoms with E-state index < -0.39 is 0 Å². The number of hydrogen-bond acceptors (Lipinski definition) is 4. The van der Waals surface area contributed by atoms with Gasteiger partial charge in [-0.25, -0.2) is 4.68 Å². The summed E-state index contributed by atoms with van der Waals surface area (Å²) in [4.78, 5) is 11.6. The average Bonchev–Trinajstić information content (AvgIpc) is 2.28. The number of aliphatic hydroxyl groups is 1. The molecule has 0 radical (unpaired) electrons. The van der Waals surface area contributed by atoms with Gasteiger partial charge in [0.15, 0.2) is 0 Å². The first-order valence-corrected chi connectivity index (χ1v) is 5.68. The Hall–Kier alpha value is -1.07. The highest BCUT2D eigenvalue weighted by Gasteiger charge is 2.07. The lowest BCUT2D eigenvalue weighted by atomic mass is 10.3. The average molecular weight is 246 g/mol. The molecule has 0 fully saturated rings. The van der Waals surface area contributed by atoms with Gasteiger partial charge in [-0.1, -0.05) is 24.9 Å². The van der Waals surface area contributed by atoms with Crippen LogP contribution in [0.25, 0.3) is 0 Å². The van der Waals surface area contributed by atoms with Crippen LogP contribution in [-0.2, 0) is 6.54 Å². The lowest BCUT2D eigenvalue weighted by molar-refractivity contribution is 0.266. The zero-order valence-corrected chi connectivity index (χ0v) is 10.00. The van der Waals surface area contributed by atoms with Gasteiger partial charge in [0.05, 0.1) is 25.0 Å². The molecule has 0 saturated carbocycles. The van der Waals surface area contributed by atoms with Crippen LogP contribution in [0.2, 0.25) is 5.02 Å². The van der Waals surface area contributed by atoms with Crippen LogP contribution in [0.4, 0.5) is 5.69 Å². The Balaban J connectivity index is 2.81. The number of unbranched alkanes of at least 4 members (excludes halogenated alkanes) is 1. The van der Waals surface area contributed by atoms with Crippen molar-refractivity contribution in [3.05, 3.63) is 21.6 Å². The van der Waals surface area contributed by atoms with E-state index in [4.69, 9.17) is 16.7 Å². The molecule has 90 valence electrons. The van der Waals surface area contributed by atoms with Crippen molar-refractivity contribution in [3.8, 4) is 0 Å². The quantitative estimate of drug-likeness (QED) is 0.737. The largest absolute Gasteiger partial charge is 0.394 e. The second-order valence-electron chi connectivity index (χ2n) is 3.40. The summed E-state index contributed by atoms with van der Waals surface area (Å²) in [6.07, 6.45) is 3.59.